The number of aromatic nitrogens is 2. The number of aryl methyl sites for hydroxylation is 1. The Morgan fingerprint density at radius 1 is 1.33 bits per heavy atom. The van der Waals surface area contributed by atoms with Crippen molar-refractivity contribution in [3.8, 4) is 0 Å². The van der Waals surface area contributed by atoms with E-state index in [2.05, 4.69) is 4.98 Å². The van der Waals surface area contributed by atoms with Crippen LogP contribution in [0, 0.1) is 5.92 Å². The molecule has 0 bridgehead atoms. The van der Waals surface area contributed by atoms with Crippen LogP contribution in [0.5, 0.6) is 0 Å². The fraction of sp³-hybridized carbons (Fsp3) is 0.533. The fourth-order valence-corrected chi connectivity index (χ4v) is 2.54. The topological polar surface area (TPSA) is 85.1 Å². The molecule has 0 unspecified atom stereocenters. The highest BCUT2D eigenvalue weighted by atomic mass is 16.4. The molecule has 21 heavy (non-hydrogen) atoms. The van der Waals surface area contributed by atoms with E-state index in [0.29, 0.717) is 29.8 Å². The summed E-state index contributed by atoms with van der Waals surface area (Å²) in [6, 6.07) is 1.36. The molecular formula is C15H18N2O4. The van der Waals surface area contributed by atoms with E-state index in [0.717, 1.165) is 25.7 Å². The molecule has 1 fully saturated rings. The van der Waals surface area contributed by atoms with Gasteiger partial charge in [-0.15, -0.1) is 0 Å². The molecule has 1 aliphatic rings. The molecule has 0 atom stereocenters. The highest BCUT2D eigenvalue weighted by Crippen LogP contribution is 2.29. The zero-order valence-corrected chi connectivity index (χ0v) is 12.0. The van der Waals surface area contributed by atoms with Crippen molar-refractivity contribution < 1.29 is 4.42 Å². The molecule has 0 amide bonds. The second-order valence-electron chi connectivity index (χ2n) is 5.69. The molecule has 2 heterocycles. The van der Waals surface area contributed by atoms with E-state index in [9.17, 15) is 14.4 Å². The van der Waals surface area contributed by atoms with Crippen molar-refractivity contribution in [1.82, 2.24) is 9.55 Å². The average Bonchev–Trinajstić information content (AvgIpc) is 3.24. The highest BCUT2D eigenvalue weighted by Gasteiger charge is 2.24. The Morgan fingerprint density at radius 2 is 2.10 bits per heavy atom. The van der Waals surface area contributed by atoms with Gasteiger partial charge < -0.3 is 4.42 Å². The molecule has 0 spiro atoms. The number of H-pyrrole nitrogens is 1. The summed E-state index contributed by atoms with van der Waals surface area (Å²) < 4.78 is 6.23. The minimum absolute atomic E-state index is 0.00403. The van der Waals surface area contributed by atoms with Gasteiger partial charge in [0.25, 0.3) is 5.56 Å². The normalized spacial score (nSPS) is 14.7. The molecule has 1 aliphatic carbocycles. The predicted molar refractivity (Wildman–Crippen MR) is 78.7 cm³/mol. The smallest absolute Gasteiger partial charge is 0.337 e. The van der Waals surface area contributed by atoms with E-state index in [1.807, 2.05) is 6.92 Å². The largest absolute Gasteiger partial charge is 0.405 e. The Labute approximate surface area is 120 Å². The van der Waals surface area contributed by atoms with Crippen molar-refractivity contribution in [1.29, 1.82) is 0 Å². The summed E-state index contributed by atoms with van der Waals surface area (Å²) in [5.74, 6) is 0.413. The highest BCUT2D eigenvalue weighted by molar-refractivity contribution is 5.75. The van der Waals surface area contributed by atoms with Crippen LogP contribution in [0.3, 0.4) is 0 Å². The molecule has 0 radical (unpaired) electrons. The van der Waals surface area contributed by atoms with Crippen molar-refractivity contribution in [3.63, 3.8) is 0 Å². The third-order valence-corrected chi connectivity index (χ3v) is 3.90. The Balaban J connectivity index is 2.23. The molecular weight excluding hydrogens is 272 g/mol. The zero-order chi connectivity index (χ0) is 15.0. The van der Waals surface area contributed by atoms with Crippen LogP contribution in [-0.4, -0.2) is 9.55 Å². The van der Waals surface area contributed by atoms with Crippen molar-refractivity contribution in [3.05, 3.63) is 42.9 Å². The van der Waals surface area contributed by atoms with Crippen molar-refractivity contribution in [2.45, 2.75) is 45.6 Å². The number of nitrogens with one attached hydrogen (secondary N) is 1. The quantitative estimate of drug-likeness (QED) is 0.902. The molecule has 1 N–H and O–H groups in total. The van der Waals surface area contributed by atoms with Gasteiger partial charge in [0.1, 0.15) is 5.39 Å². The average molecular weight is 290 g/mol. The van der Waals surface area contributed by atoms with Gasteiger partial charge in [-0.05, 0) is 37.2 Å². The van der Waals surface area contributed by atoms with Crippen LogP contribution in [0.15, 0.2) is 24.9 Å². The molecule has 6 heteroatoms. The second kappa shape index (κ2) is 5.35. The molecule has 3 rings (SSSR count). The van der Waals surface area contributed by atoms with Gasteiger partial charge in [0.15, 0.2) is 0 Å². The standard InChI is InChI=1S/C15H18N2O4/c1-2-3-4-10-7-11(18)21-13-12(10)14(19)17(15(20)16-13)8-9-5-6-9/h7,9H,2-6,8H2,1H3,(H,16,20). The Hall–Kier alpha value is -2.11. The SMILES string of the molecule is CCCCc1cc(=O)oc2[nH]c(=O)n(CC3CC3)c(=O)c12. The molecule has 0 saturated heterocycles. The molecule has 0 aromatic carbocycles. The molecule has 0 aliphatic heterocycles. The van der Waals surface area contributed by atoms with E-state index in [1.54, 1.807) is 0 Å². The molecule has 1 saturated carbocycles. The van der Waals surface area contributed by atoms with E-state index >= 15 is 0 Å². The lowest BCUT2D eigenvalue weighted by Gasteiger charge is -2.07. The summed E-state index contributed by atoms with van der Waals surface area (Å²) in [6.45, 7) is 2.48. The number of hydrogen-bond acceptors (Lipinski definition) is 4. The van der Waals surface area contributed by atoms with Crippen LogP contribution >= 0.6 is 0 Å². The molecule has 2 aromatic heterocycles. The van der Waals surface area contributed by atoms with Crippen LogP contribution in [-0.2, 0) is 13.0 Å². The minimum Gasteiger partial charge on any atom is -0.405 e. The third kappa shape index (κ3) is 2.70. The maximum atomic E-state index is 12.6. The number of rotatable bonds is 5. The number of aromatic amines is 1. The van der Waals surface area contributed by atoms with Gasteiger partial charge >= 0.3 is 11.3 Å². The first-order valence-electron chi connectivity index (χ1n) is 7.40. The summed E-state index contributed by atoms with van der Waals surface area (Å²) >= 11 is 0. The maximum Gasteiger partial charge on any atom is 0.337 e. The summed E-state index contributed by atoms with van der Waals surface area (Å²) in [5, 5.41) is 0.336. The van der Waals surface area contributed by atoms with Crippen molar-refractivity contribution in [2.24, 2.45) is 5.92 Å². The number of nitrogens with zero attached hydrogens (tertiary/aromatic N) is 1. The van der Waals surface area contributed by atoms with E-state index in [-0.39, 0.29) is 11.3 Å². The van der Waals surface area contributed by atoms with Gasteiger partial charge in [-0.25, -0.2) is 9.59 Å². The van der Waals surface area contributed by atoms with E-state index in [1.165, 1.54) is 10.6 Å². The maximum absolute atomic E-state index is 12.6. The number of fused-ring (bicyclic) bond motifs is 1. The van der Waals surface area contributed by atoms with Gasteiger partial charge in [0.2, 0.25) is 5.71 Å². The van der Waals surface area contributed by atoms with Gasteiger partial charge in [0.05, 0.1) is 0 Å². The van der Waals surface area contributed by atoms with Gasteiger partial charge in [0, 0.05) is 12.6 Å². The first-order chi connectivity index (χ1) is 10.1. The number of unbranched alkanes of at least 4 members (excludes halogenated alkanes) is 1. The lowest BCUT2D eigenvalue weighted by Crippen LogP contribution is -2.36. The lowest BCUT2D eigenvalue weighted by molar-refractivity contribution is 0.527. The Bertz CT molecular complexity index is 839. The van der Waals surface area contributed by atoms with Crippen LogP contribution in [0.1, 0.15) is 38.2 Å². The molecule has 6 nitrogen and oxygen atoms in total. The van der Waals surface area contributed by atoms with Crippen LogP contribution in [0.25, 0.3) is 11.1 Å². The van der Waals surface area contributed by atoms with Crippen molar-refractivity contribution >= 4 is 11.1 Å². The Morgan fingerprint density at radius 3 is 2.76 bits per heavy atom. The van der Waals surface area contributed by atoms with Crippen molar-refractivity contribution in [2.75, 3.05) is 0 Å². The minimum atomic E-state index is -0.538. The monoisotopic (exact) mass is 290 g/mol. The summed E-state index contributed by atoms with van der Waals surface area (Å²) in [4.78, 5) is 38.7. The summed E-state index contributed by atoms with van der Waals surface area (Å²) in [5.41, 5.74) is -0.737. The van der Waals surface area contributed by atoms with Gasteiger partial charge in [-0.2, -0.15) is 0 Å². The zero-order valence-electron chi connectivity index (χ0n) is 12.0. The number of hydrogen-bond donors (Lipinski definition) is 1. The van der Waals surface area contributed by atoms with Crippen LogP contribution < -0.4 is 16.9 Å². The second-order valence-corrected chi connectivity index (χ2v) is 5.69. The molecule has 2 aromatic rings. The Kier molecular flexibility index (Phi) is 3.53. The lowest BCUT2D eigenvalue weighted by atomic mass is 10.1. The summed E-state index contributed by atoms with van der Waals surface area (Å²) in [6.07, 6.45) is 4.57. The first-order valence-corrected chi connectivity index (χ1v) is 7.40. The fourth-order valence-electron chi connectivity index (χ4n) is 2.54. The third-order valence-electron chi connectivity index (χ3n) is 3.90. The van der Waals surface area contributed by atoms with Crippen LogP contribution in [0.4, 0.5) is 0 Å². The van der Waals surface area contributed by atoms with Gasteiger partial charge in [-0.3, -0.25) is 14.3 Å². The first kappa shape index (κ1) is 13.9. The van der Waals surface area contributed by atoms with E-state index in [4.69, 9.17) is 4.42 Å². The summed E-state index contributed by atoms with van der Waals surface area (Å²) in [7, 11) is 0. The van der Waals surface area contributed by atoms with Crippen LogP contribution in [0.2, 0.25) is 0 Å². The van der Waals surface area contributed by atoms with Gasteiger partial charge in [-0.1, -0.05) is 13.3 Å². The van der Waals surface area contributed by atoms with E-state index < -0.39 is 11.3 Å². The predicted octanol–water partition coefficient (Wildman–Crippen LogP) is 1.40. The molecule has 112 valence electrons.